The molecular weight excluding hydrogens is 108 g/mol. The summed E-state index contributed by atoms with van der Waals surface area (Å²) in [5.74, 6) is 3.09. The van der Waals surface area contributed by atoms with Crippen molar-refractivity contribution < 1.29 is 0 Å². The molecule has 0 heteroatoms. The maximum atomic E-state index is 2.42. The van der Waals surface area contributed by atoms with E-state index in [9.17, 15) is 0 Å². The van der Waals surface area contributed by atoms with Crippen molar-refractivity contribution in [1.29, 1.82) is 0 Å². The van der Waals surface area contributed by atoms with Crippen molar-refractivity contribution in [3.63, 3.8) is 0 Å². The smallest absolute Gasteiger partial charge is 0.0146 e. The molecule has 0 amide bonds. The first-order chi connectivity index (χ1) is 4.30. The van der Waals surface area contributed by atoms with Crippen molar-refractivity contribution in [2.24, 2.45) is 17.8 Å². The van der Waals surface area contributed by atoms with Crippen LogP contribution in [-0.2, 0) is 0 Å². The van der Waals surface area contributed by atoms with E-state index in [0.29, 0.717) is 0 Å². The summed E-state index contributed by atoms with van der Waals surface area (Å²) in [5.41, 5.74) is 1.67. The molecule has 50 valence electrons. The molecule has 0 aromatic carbocycles. The molecule has 3 atom stereocenters. The molecule has 2 aliphatic carbocycles. The van der Waals surface area contributed by atoms with E-state index in [-0.39, 0.29) is 0 Å². The summed E-state index contributed by atoms with van der Waals surface area (Å²) in [5, 5.41) is 0. The van der Waals surface area contributed by atoms with Gasteiger partial charge in [-0.2, -0.15) is 0 Å². The zero-order chi connectivity index (χ0) is 6.43. The van der Waals surface area contributed by atoms with E-state index in [1.165, 1.54) is 12.8 Å². The highest BCUT2D eigenvalue weighted by Gasteiger charge is 2.47. The molecule has 2 aliphatic rings. The van der Waals surface area contributed by atoms with Gasteiger partial charge in [0.05, 0.1) is 0 Å². The van der Waals surface area contributed by atoms with Crippen LogP contribution in [0, 0.1) is 17.8 Å². The van der Waals surface area contributed by atoms with Crippen LogP contribution in [0.3, 0.4) is 0 Å². The molecular formula is C9H14. The van der Waals surface area contributed by atoms with Gasteiger partial charge in [0, 0.05) is 0 Å². The first-order valence-electron chi connectivity index (χ1n) is 3.97. The molecule has 3 unspecified atom stereocenters. The lowest BCUT2D eigenvalue weighted by molar-refractivity contribution is 0.648. The van der Waals surface area contributed by atoms with Crippen LogP contribution in [0.15, 0.2) is 11.6 Å². The summed E-state index contributed by atoms with van der Waals surface area (Å²) in [7, 11) is 0. The Morgan fingerprint density at radius 3 is 2.89 bits per heavy atom. The van der Waals surface area contributed by atoms with Gasteiger partial charge in [0.15, 0.2) is 0 Å². The van der Waals surface area contributed by atoms with Crippen LogP contribution in [0.4, 0.5) is 0 Å². The SMILES string of the molecule is CC1=CCCC2C(C)C12. The van der Waals surface area contributed by atoms with E-state index in [1.807, 2.05) is 0 Å². The van der Waals surface area contributed by atoms with E-state index < -0.39 is 0 Å². The van der Waals surface area contributed by atoms with Gasteiger partial charge in [0.2, 0.25) is 0 Å². The number of allylic oxidation sites excluding steroid dienone is 2. The van der Waals surface area contributed by atoms with Gasteiger partial charge in [-0.05, 0) is 37.5 Å². The molecule has 0 heterocycles. The Hall–Kier alpha value is -0.260. The molecule has 9 heavy (non-hydrogen) atoms. The molecule has 0 spiro atoms. The summed E-state index contributed by atoms with van der Waals surface area (Å²) in [6, 6.07) is 0. The molecule has 0 radical (unpaired) electrons. The summed E-state index contributed by atoms with van der Waals surface area (Å²) >= 11 is 0. The molecule has 0 N–H and O–H groups in total. The van der Waals surface area contributed by atoms with Gasteiger partial charge in [-0.3, -0.25) is 0 Å². The molecule has 1 fully saturated rings. The van der Waals surface area contributed by atoms with Gasteiger partial charge in [-0.1, -0.05) is 18.6 Å². The van der Waals surface area contributed by atoms with E-state index in [2.05, 4.69) is 19.9 Å². The minimum absolute atomic E-state index is 0.999. The Labute approximate surface area is 57.0 Å². The van der Waals surface area contributed by atoms with Gasteiger partial charge in [0.25, 0.3) is 0 Å². The average molecular weight is 122 g/mol. The fourth-order valence-corrected chi connectivity index (χ4v) is 2.38. The average Bonchev–Trinajstić information content (AvgIpc) is 2.45. The number of hydrogen-bond acceptors (Lipinski definition) is 0. The van der Waals surface area contributed by atoms with Crippen LogP contribution in [0.5, 0.6) is 0 Å². The highest BCUT2D eigenvalue weighted by Crippen LogP contribution is 2.55. The lowest BCUT2D eigenvalue weighted by Gasteiger charge is -2.04. The van der Waals surface area contributed by atoms with Crippen molar-refractivity contribution in [2.45, 2.75) is 26.7 Å². The highest BCUT2D eigenvalue weighted by atomic mass is 14.5. The molecule has 0 bridgehead atoms. The van der Waals surface area contributed by atoms with Crippen LogP contribution < -0.4 is 0 Å². The van der Waals surface area contributed by atoms with E-state index >= 15 is 0 Å². The van der Waals surface area contributed by atoms with Gasteiger partial charge < -0.3 is 0 Å². The topological polar surface area (TPSA) is 0 Å². The highest BCUT2D eigenvalue weighted by molar-refractivity contribution is 5.19. The monoisotopic (exact) mass is 122 g/mol. The third kappa shape index (κ3) is 0.654. The molecule has 1 saturated carbocycles. The zero-order valence-corrected chi connectivity index (χ0v) is 6.22. The second-order valence-electron chi connectivity index (χ2n) is 3.57. The molecule has 0 aromatic heterocycles. The van der Waals surface area contributed by atoms with Crippen molar-refractivity contribution in [1.82, 2.24) is 0 Å². The number of fused-ring (bicyclic) bond motifs is 1. The Morgan fingerprint density at radius 1 is 1.56 bits per heavy atom. The lowest BCUT2D eigenvalue weighted by atomic mass is 10.0. The molecule has 0 aromatic rings. The second kappa shape index (κ2) is 1.62. The van der Waals surface area contributed by atoms with Crippen LogP contribution in [0.1, 0.15) is 26.7 Å². The quantitative estimate of drug-likeness (QED) is 0.433. The van der Waals surface area contributed by atoms with Crippen LogP contribution in [0.25, 0.3) is 0 Å². The zero-order valence-electron chi connectivity index (χ0n) is 6.22. The van der Waals surface area contributed by atoms with Crippen LogP contribution in [-0.4, -0.2) is 0 Å². The van der Waals surface area contributed by atoms with Gasteiger partial charge in [0.1, 0.15) is 0 Å². The van der Waals surface area contributed by atoms with Crippen molar-refractivity contribution in [3.8, 4) is 0 Å². The Balaban J connectivity index is 2.18. The number of hydrogen-bond donors (Lipinski definition) is 0. The largest absolute Gasteiger partial charge is 0.0853 e. The fraction of sp³-hybridized carbons (Fsp3) is 0.778. The molecule has 0 nitrogen and oxygen atoms in total. The second-order valence-corrected chi connectivity index (χ2v) is 3.57. The van der Waals surface area contributed by atoms with Gasteiger partial charge in [-0.15, -0.1) is 0 Å². The molecule has 2 rings (SSSR count). The van der Waals surface area contributed by atoms with E-state index in [4.69, 9.17) is 0 Å². The third-order valence-electron chi connectivity index (χ3n) is 3.05. The standard InChI is InChI=1S/C9H14/c1-6-4-3-5-8-7(2)9(6)8/h4,7-9H,3,5H2,1-2H3. The number of rotatable bonds is 0. The minimum Gasteiger partial charge on any atom is -0.0853 e. The maximum Gasteiger partial charge on any atom is -0.0146 e. The minimum atomic E-state index is 0.999. The predicted molar refractivity (Wildman–Crippen MR) is 39.1 cm³/mol. The predicted octanol–water partition coefficient (Wildman–Crippen LogP) is 2.61. The first-order valence-corrected chi connectivity index (χ1v) is 3.97. The molecule has 0 saturated heterocycles. The summed E-state index contributed by atoms with van der Waals surface area (Å²) < 4.78 is 0. The Morgan fingerprint density at radius 2 is 2.33 bits per heavy atom. The lowest BCUT2D eigenvalue weighted by Crippen LogP contribution is -1.90. The summed E-state index contributed by atoms with van der Waals surface area (Å²) in [6.07, 6.45) is 5.23. The Bertz CT molecular complexity index is 155. The third-order valence-corrected chi connectivity index (χ3v) is 3.05. The van der Waals surface area contributed by atoms with E-state index in [0.717, 1.165) is 17.8 Å². The van der Waals surface area contributed by atoms with Crippen LogP contribution >= 0.6 is 0 Å². The van der Waals surface area contributed by atoms with Crippen molar-refractivity contribution >= 4 is 0 Å². The van der Waals surface area contributed by atoms with Crippen molar-refractivity contribution in [2.75, 3.05) is 0 Å². The maximum absolute atomic E-state index is 2.42. The normalized spacial score (nSPS) is 47.8. The van der Waals surface area contributed by atoms with Gasteiger partial charge >= 0.3 is 0 Å². The Kier molecular flexibility index (Phi) is 0.992. The fourth-order valence-electron chi connectivity index (χ4n) is 2.38. The molecule has 0 aliphatic heterocycles. The van der Waals surface area contributed by atoms with Gasteiger partial charge in [-0.25, -0.2) is 0 Å². The summed E-state index contributed by atoms with van der Waals surface area (Å²) in [4.78, 5) is 0. The summed E-state index contributed by atoms with van der Waals surface area (Å²) in [6.45, 7) is 4.68. The first kappa shape index (κ1) is 5.52. The van der Waals surface area contributed by atoms with E-state index in [1.54, 1.807) is 5.57 Å². The van der Waals surface area contributed by atoms with Crippen LogP contribution in [0.2, 0.25) is 0 Å². The van der Waals surface area contributed by atoms with Crippen molar-refractivity contribution in [3.05, 3.63) is 11.6 Å².